The van der Waals surface area contributed by atoms with Crippen LogP contribution in [0.1, 0.15) is 24.6 Å². The number of aryl methyl sites for hydroxylation is 3. The van der Waals surface area contributed by atoms with Crippen molar-refractivity contribution in [1.82, 2.24) is 9.55 Å². The number of ether oxygens (including phenoxy) is 1. The molecule has 0 bridgehead atoms. The fourth-order valence-electron chi connectivity index (χ4n) is 2.19. The second-order valence-corrected chi connectivity index (χ2v) is 5.95. The van der Waals surface area contributed by atoms with Gasteiger partial charge in [0, 0.05) is 36.1 Å². The Bertz CT molecular complexity index is 595. The molecule has 114 valence electrons. The molecule has 0 aliphatic heterocycles. The van der Waals surface area contributed by atoms with Crippen LogP contribution in [-0.4, -0.2) is 22.8 Å². The van der Waals surface area contributed by atoms with Crippen LogP contribution in [-0.2, 0) is 11.3 Å². The molecule has 0 unspecified atom stereocenters. The van der Waals surface area contributed by atoms with Crippen molar-refractivity contribution in [2.75, 3.05) is 18.5 Å². The summed E-state index contributed by atoms with van der Waals surface area (Å²) in [5.41, 5.74) is 3.28. The van der Waals surface area contributed by atoms with Gasteiger partial charge in [-0.25, -0.2) is 4.98 Å². The van der Waals surface area contributed by atoms with Crippen LogP contribution in [0.4, 0.5) is 11.6 Å². The van der Waals surface area contributed by atoms with Gasteiger partial charge in [-0.15, -0.1) is 0 Å². The molecule has 1 N–H and O–H groups in total. The highest BCUT2D eigenvalue weighted by molar-refractivity contribution is 9.10. The third-order valence-electron chi connectivity index (χ3n) is 3.22. The summed E-state index contributed by atoms with van der Waals surface area (Å²) in [6.07, 6.45) is 3.06. The van der Waals surface area contributed by atoms with Gasteiger partial charge in [-0.1, -0.05) is 15.9 Å². The lowest BCUT2D eigenvalue weighted by molar-refractivity contribution is 0.142. The van der Waals surface area contributed by atoms with Crippen LogP contribution in [0.15, 0.2) is 28.9 Å². The van der Waals surface area contributed by atoms with E-state index in [0.29, 0.717) is 0 Å². The van der Waals surface area contributed by atoms with Crippen LogP contribution in [0.2, 0.25) is 0 Å². The van der Waals surface area contributed by atoms with E-state index in [-0.39, 0.29) is 0 Å². The normalized spacial score (nSPS) is 10.9. The third kappa shape index (κ3) is 4.58. The zero-order chi connectivity index (χ0) is 15.2. The molecule has 0 fully saturated rings. The smallest absolute Gasteiger partial charge is 0.207 e. The number of hydrogen-bond acceptors (Lipinski definition) is 3. The van der Waals surface area contributed by atoms with Crippen LogP contribution in [0.25, 0.3) is 0 Å². The van der Waals surface area contributed by atoms with Gasteiger partial charge < -0.3 is 14.6 Å². The van der Waals surface area contributed by atoms with Gasteiger partial charge in [0.25, 0.3) is 0 Å². The average Bonchev–Trinajstić information content (AvgIpc) is 2.78. The minimum Gasteiger partial charge on any atom is -0.382 e. The first-order chi connectivity index (χ1) is 10.1. The first-order valence-electron chi connectivity index (χ1n) is 7.25. The zero-order valence-corrected chi connectivity index (χ0v) is 14.4. The number of anilines is 2. The molecule has 5 heteroatoms. The maximum Gasteiger partial charge on any atom is 0.207 e. The van der Waals surface area contributed by atoms with Crippen LogP contribution in [0.5, 0.6) is 0 Å². The van der Waals surface area contributed by atoms with Crippen molar-refractivity contribution < 1.29 is 4.74 Å². The Hall–Kier alpha value is -1.33. The maximum atomic E-state index is 5.39. The van der Waals surface area contributed by atoms with E-state index in [2.05, 4.69) is 56.1 Å². The van der Waals surface area contributed by atoms with Crippen molar-refractivity contribution in [2.24, 2.45) is 0 Å². The lowest BCUT2D eigenvalue weighted by Crippen LogP contribution is -2.06. The molecular weight excluding hydrogens is 330 g/mol. The second-order valence-electron chi connectivity index (χ2n) is 5.03. The van der Waals surface area contributed by atoms with Gasteiger partial charge in [-0.05, 0) is 51.0 Å². The highest BCUT2D eigenvalue weighted by atomic mass is 79.9. The van der Waals surface area contributed by atoms with Crippen molar-refractivity contribution in [2.45, 2.75) is 33.7 Å². The Morgan fingerprint density at radius 3 is 2.86 bits per heavy atom. The Kier molecular flexibility index (Phi) is 5.82. The van der Waals surface area contributed by atoms with Crippen LogP contribution < -0.4 is 5.32 Å². The lowest BCUT2D eigenvalue weighted by Gasteiger charge is -2.12. The molecule has 1 aromatic carbocycles. The molecule has 1 heterocycles. The molecular formula is C16H22BrN3O. The van der Waals surface area contributed by atoms with E-state index in [1.165, 1.54) is 5.56 Å². The number of nitrogens with one attached hydrogen (secondary N) is 1. The number of aromatic nitrogens is 2. The van der Waals surface area contributed by atoms with Crippen molar-refractivity contribution in [3.63, 3.8) is 0 Å². The highest BCUT2D eigenvalue weighted by Crippen LogP contribution is 2.23. The molecule has 4 nitrogen and oxygen atoms in total. The number of nitrogens with zero attached hydrogens (tertiary/aromatic N) is 2. The fraction of sp³-hybridized carbons (Fsp3) is 0.438. The Balaban J connectivity index is 2.08. The van der Waals surface area contributed by atoms with Crippen molar-refractivity contribution in [3.8, 4) is 0 Å². The number of halogens is 1. The summed E-state index contributed by atoms with van der Waals surface area (Å²) in [5, 5.41) is 3.42. The molecule has 0 saturated carbocycles. The first-order valence-corrected chi connectivity index (χ1v) is 8.04. The van der Waals surface area contributed by atoms with Crippen LogP contribution in [0, 0.1) is 13.8 Å². The standard InChI is InChI=1S/C16H22BrN3O/c1-4-21-9-5-8-20-11-13(3)18-16(20)19-15-7-6-14(17)10-12(15)2/h6-7,10-11H,4-5,8-9H2,1-3H3,(H,18,19). The number of benzene rings is 1. The fourth-order valence-corrected chi connectivity index (χ4v) is 2.66. The van der Waals surface area contributed by atoms with Gasteiger partial charge in [0.05, 0.1) is 5.69 Å². The lowest BCUT2D eigenvalue weighted by atomic mass is 10.2. The summed E-state index contributed by atoms with van der Waals surface area (Å²) in [6, 6.07) is 6.19. The average molecular weight is 352 g/mol. The summed E-state index contributed by atoms with van der Waals surface area (Å²) in [5.74, 6) is 0.884. The van der Waals surface area contributed by atoms with Crippen LogP contribution in [0.3, 0.4) is 0 Å². The molecule has 0 spiro atoms. The Morgan fingerprint density at radius 2 is 2.14 bits per heavy atom. The monoisotopic (exact) mass is 351 g/mol. The Labute approximate surface area is 134 Å². The molecule has 0 saturated heterocycles. The van der Waals surface area contributed by atoms with Gasteiger partial charge in [0.1, 0.15) is 0 Å². The van der Waals surface area contributed by atoms with E-state index in [1.54, 1.807) is 0 Å². The number of imidazole rings is 1. The van der Waals surface area contributed by atoms with Gasteiger partial charge in [0.2, 0.25) is 5.95 Å². The van der Waals surface area contributed by atoms with Gasteiger partial charge in [0.15, 0.2) is 0 Å². The van der Waals surface area contributed by atoms with E-state index in [4.69, 9.17) is 4.74 Å². The second kappa shape index (κ2) is 7.61. The summed E-state index contributed by atoms with van der Waals surface area (Å²) in [6.45, 7) is 8.57. The molecule has 0 aliphatic rings. The molecule has 21 heavy (non-hydrogen) atoms. The summed E-state index contributed by atoms with van der Waals surface area (Å²) in [4.78, 5) is 4.57. The first kappa shape index (κ1) is 16.0. The molecule has 0 aliphatic carbocycles. The van der Waals surface area contributed by atoms with E-state index in [1.807, 2.05) is 19.9 Å². The molecule has 2 aromatic rings. The quantitative estimate of drug-likeness (QED) is 0.749. The van der Waals surface area contributed by atoms with E-state index in [0.717, 1.165) is 48.0 Å². The minimum atomic E-state index is 0.770. The molecule has 0 radical (unpaired) electrons. The number of hydrogen-bond donors (Lipinski definition) is 1. The zero-order valence-electron chi connectivity index (χ0n) is 12.8. The van der Waals surface area contributed by atoms with Crippen molar-refractivity contribution in [1.29, 1.82) is 0 Å². The SMILES string of the molecule is CCOCCCn1cc(C)nc1Nc1ccc(Br)cc1C. The van der Waals surface area contributed by atoms with Crippen LogP contribution >= 0.6 is 15.9 Å². The molecule has 0 atom stereocenters. The molecule has 2 rings (SSSR count). The topological polar surface area (TPSA) is 39.1 Å². The third-order valence-corrected chi connectivity index (χ3v) is 3.72. The highest BCUT2D eigenvalue weighted by Gasteiger charge is 2.07. The summed E-state index contributed by atoms with van der Waals surface area (Å²) in [7, 11) is 0. The van der Waals surface area contributed by atoms with Crippen molar-refractivity contribution >= 4 is 27.6 Å². The van der Waals surface area contributed by atoms with E-state index >= 15 is 0 Å². The number of rotatable bonds is 7. The summed E-state index contributed by atoms with van der Waals surface area (Å²) < 4.78 is 8.63. The largest absolute Gasteiger partial charge is 0.382 e. The van der Waals surface area contributed by atoms with Gasteiger partial charge >= 0.3 is 0 Å². The predicted molar refractivity (Wildman–Crippen MR) is 90.2 cm³/mol. The maximum absolute atomic E-state index is 5.39. The molecule has 0 amide bonds. The van der Waals surface area contributed by atoms with Gasteiger partial charge in [-0.2, -0.15) is 0 Å². The summed E-state index contributed by atoms with van der Waals surface area (Å²) >= 11 is 3.49. The minimum absolute atomic E-state index is 0.770. The van der Waals surface area contributed by atoms with E-state index in [9.17, 15) is 0 Å². The van der Waals surface area contributed by atoms with Gasteiger partial charge in [-0.3, -0.25) is 0 Å². The molecule has 1 aromatic heterocycles. The van der Waals surface area contributed by atoms with E-state index < -0.39 is 0 Å². The predicted octanol–water partition coefficient (Wildman–Crippen LogP) is 4.43. The Morgan fingerprint density at radius 1 is 1.33 bits per heavy atom. The van der Waals surface area contributed by atoms with Crippen molar-refractivity contribution in [3.05, 3.63) is 40.1 Å².